The molecule has 0 fully saturated rings. The van der Waals surface area contributed by atoms with Gasteiger partial charge in [-0.15, -0.1) is 0 Å². The van der Waals surface area contributed by atoms with Crippen molar-refractivity contribution < 1.29 is 23.4 Å². The maximum Gasteiger partial charge on any atom is 0.315 e. The number of pyridine rings is 1. The Hall–Kier alpha value is -3.24. The highest BCUT2D eigenvalue weighted by Crippen LogP contribution is 2.24. The van der Waals surface area contributed by atoms with Crippen LogP contribution in [0.3, 0.4) is 0 Å². The molecule has 2 amide bonds. The van der Waals surface area contributed by atoms with E-state index in [-0.39, 0.29) is 47.1 Å². The van der Waals surface area contributed by atoms with Gasteiger partial charge in [0.2, 0.25) is 0 Å². The molecule has 0 unspecified atom stereocenters. The van der Waals surface area contributed by atoms with Gasteiger partial charge in [0, 0.05) is 36.5 Å². The molecule has 3 rings (SSSR count). The molecule has 0 saturated heterocycles. The van der Waals surface area contributed by atoms with E-state index in [1.807, 2.05) is 24.3 Å². The van der Waals surface area contributed by atoms with Gasteiger partial charge in [-0.05, 0) is 46.1 Å². The highest BCUT2D eigenvalue weighted by molar-refractivity contribution is 9.10. The normalized spacial score (nSPS) is 10.7. The molecule has 0 spiro atoms. The second kappa shape index (κ2) is 11.8. The Bertz CT molecular complexity index is 1220. The zero-order valence-electron chi connectivity index (χ0n) is 18.4. The van der Waals surface area contributed by atoms with Crippen LogP contribution in [-0.4, -0.2) is 28.9 Å². The van der Waals surface area contributed by atoms with Crippen LogP contribution >= 0.6 is 15.9 Å². The Morgan fingerprint density at radius 3 is 2.47 bits per heavy atom. The second-order valence-corrected chi connectivity index (χ2v) is 8.32. The number of carbonyl (C=O) groups is 1. The molecule has 3 N–H and O–H groups in total. The number of benzene rings is 2. The summed E-state index contributed by atoms with van der Waals surface area (Å²) < 4.78 is 34.3. The van der Waals surface area contributed by atoms with Gasteiger partial charge >= 0.3 is 6.03 Å². The Morgan fingerprint density at radius 2 is 1.79 bits per heavy atom. The van der Waals surface area contributed by atoms with Gasteiger partial charge in [-0.1, -0.05) is 24.3 Å². The first-order chi connectivity index (χ1) is 16.3. The summed E-state index contributed by atoms with van der Waals surface area (Å²) in [6, 6.07) is 12.0. The third kappa shape index (κ3) is 6.64. The fraction of sp³-hybridized carbons (Fsp3) is 0.250. The third-order valence-corrected chi connectivity index (χ3v) is 5.76. The monoisotopic (exact) mass is 535 g/mol. The molecule has 1 heterocycles. The quantitative estimate of drug-likeness (QED) is 0.390. The van der Waals surface area contributed by atoms with E-state index in [2.05, 4.69) is 26.6 Å². The summed E-state index contributed by atoms with van der Waals surface area (Å²) in [7, 11) is 0. The van der Waals surface area contributed by atoms with E-state index in [1.54, 1.807) is 17.6 Å². The van der Waals surface area contributed by atoms with Crippen molar-refractivity contribution in [3.8, 4) is 5.75 Å². The van der Waals surface area contributed by atoms with Gasteiger partial charge in [0.15, 0.2) is 0 Å². The van der Waals surface area contributed by atoms with E-state index < -0.39 is 11.6 Å². The van der Waals surface area contributed by atoms with Gasteiger partial charge in [0.05, 0.1) is 13.2 Å². The molecule has 0 aliphatic heterocycles. The third-order valence-electron chi connectivity index (χ3n) is 5.03. The summed E-state index contributed by atoms with van der Waals surface area (Å²) in [5.41, 5.74) is 2.28. The Kier molecular flexibility index (Phi) is 8.78. The van der Waals surface area contributed by atoms with Crippen molar-refractivity contribution in [2.45, 2.75) is 26.6 Å². The minimum atomic E-state index is -0.717. The van der Waals surface area contributed by atoms with Crippen LogP contribution < -0.4 is 20.9 Å². The first kappa shape index (κ1) is 25.4. The number of amides is 2. The van der Waals surface area contributed by atoms with Crippen LogP contribution in [0.5, 0.6) is 5.75 Å². The molecule has 0 aliphatic rings. The molecule has 0 bridgehead atoms. The average molecular weight is 536 g/mol. The van der Waals surface area contributed by atoms with E-state index >= 15 is 0 Å². The SMILES string of the molecule is Cc1cc(OCc2ccc(F)cc2F)c(Br)c(=O)n1Cc1ccc(CNC(=O)NCCO)cc1. The van der Waals surface area contributed by atoms with E-state index in [0.717, 1.165) is 23.3 Å². The number of rotatable bonds is 9. The van der Waals surface area contributed by atoms with Crippen molar-refractivity contribution >= 4 is 22.0 Å². The fourth-order valence-corrected chi connectivity index (χ4v) is 3.61. The van der Waals surface area contributed by atoms with E-state index in [0.29, 0.717) is 18.8 Å². The lowest BCUT2D eigenvalue weighted by Crippen LogP contribution is -2.36. The summed E-state index contributed by atoms with van der Waals surface area (Å²) in [5, 5.41) is 13.9. The fourth-order valence-electron chi connectivity index (χ4n) is 3.17. The Balaban J connectivity index is 1.66. The minimum absolute atomic E-state index is 0.128. The van der Waals surface area contributed by atoms with Crippen molar-refractivity contribution in [1.29, 1.82) is 0 Å². The van der Waals surface area contributed by atoms with Crippen molar-refractivity contribution in [2.75, 3.05) is 13.2 Å². The standard InChI is InChI=1S/C24H24BrF2N3O4/c1-15-10-21(34-14-18-6-7-19(26)11-20(18)27)22(25)23(32)30(15)13-17-4-2-16(3-5-17)12-29-24(33)28-8-9-31/h2-7,10-11,31H,8-9,12-14H2,1H3,(H2,28,29,33). The lowest BCUT2D eigenvalue weighted by Gasteiger charge is -2.15. The van der Waals surface area contributed by atoms with Crippen LogP contribution in [0.25, 0.3) is 0 Å². The van der Waals surface area contributed by atoms with Crippen molar-refractivity contribution in [3.63, 3.8) is 0 Å². The number of aromatic nitrogens is 1. The topological polar surface area (TPSA) is 92.6 Å². The molecule has 180 valence electrons. The number of nitrogens with zero attached hydrogens (tertiary/aromatic N) is 1. The Labute approximate surface area is 203 Å². The second-order valence-electron chi connectivity index (χ2n) is 7.53. The molecular formula is C24H24BrF2N3O4. The minimum Gasteiger partial charge on any atom is -0.487 e. The number of ether oxygens (including phenoxy) is 1. The van der Waals surface area contributed by atoms with Gasteiger partial charge in [-0.25, -0.2) is 13.6 Å². The summed E-state index contributed by atoms with van der Waals surface area (Å²) in [6.07, 6.45) is 0. The zero-order chi connectivity index (χ0) is 24.7. The molecule has 1 aromatic heterocycles. The number of carbonyl (C=O) groups excluding carboxylic acids is 1. The number of urea groups is 1. The van der Waals surface area contributed by atoms with Crippen LogP contribution in [0.2, 0.25) is 0 Å². The van der Waals surface area contributed by atoms with Gasteiger partial charge < -0.3 is 25.0 Å². The lowest BCUT2D eigenvalue weighted by molar-refractivity contribution is 0.234. The van der Waals surface area contributed by atoms with Crippen LogP contribution in [0.15, 0.2) is 57.8 Å². The molecule has 10 heteroatoms. The molecule has 7 nitrogen and oxygen atoms in total. The number of aliphatic hydroxyl groups excluding tert-OH is 1. The highest BCUT2D eigenvalue weighted by Gasteiger charge is 2.14. The lowest BCUT2D eigenvalue weighted by atomic mass is 10.1. The Morgan fingerprint density at radius 1 is 1.09 bits per heavy atom. The van der Waals surface area contributed by atoms with Gasteiger partial charge in [0.25, 0.3) is 5.56 Å². The van der Waals surface area contributed by atoms with Crippen LogP contribution in [0, 0.1) is 18.6 Å². The van der Waals surface area contributed by atoms with Gasteiger partial charge in [0.1, 0.15) is 28.5 Å². The molecule has 2 aromatic carbocycles. The molecule has 0 radical (unpaired) electrons. The number of hydrogen-bond donors (Lipinski definition) is 3. The maximum absolute atomic E-state index is 13.9. The zero-order valence-corrected chi connectivity index (χ0v) is 20.0. The summed E-state index contributed by atoms with van der Waals surface area (Å²) >= 11 is 3.27. The molecule has 34 heavy (non-hydrogen) atoms. The van der Waals surface area contributed by atoms with Gasteiger partial charge in [-0.2, -0.15) is 0 Å². The maximum atomic E-state index is 13.9. The van der Waals surface area contributed by atoms with E-state index in [4.69, 9.17) is 9.84 Å². The molecule has 0 aliphatic carbocycles. The van der Waals surface area contributed by atoms with Gasteiger partial charge in [-0.3, -0.25) is 4.79 Å². The number of nitrogens with one attached hydrogen (secondary N) is 2. The first-order valence-electron chi connectivity index (χ1n) is 10.5. The van der Waals surface area contributed by atoms with Crippen LogP contribution in [0.4, 0.5) is 13.6 Å². The number of hydrogen-bond acceptors (Lipinski definition) is 4. The van der Waals surface area contributed by atoms with E-state index in [9.17, 15) is 18.4 Å². The summed E-state index contributed by atoms with van der Waals surface area (Å²) in [6.45, 7) is 2.31. The highest BCUT2D eigenvalue weighted by atomic mass is 79.9. The van der Waals surface area contributed by atoms with Crippen LogP contribution in [-0.2, 0) is 19.7 Å². The first-order valence-corrected chi connectivity index (χ1v) is 11.2. The smallest absolute Gasteiger partial charge is 0.315 e. The average Bonchev–Trinajstić information content (AvgIpc) is 2.82. The largest absolute Gasteiger partial charge is 0.487 e. The number of aliphatic hydroxyl groups is 1. The molecule has 0 atom stereocenters. The van der Waals surface area contributed by atoms with E-state index in [1.165, 1.54) is 6.07 Å². The number of halogens is 3. The number of aryl methyl sites for hydroxylation is 1. The molecular weight excluding hydrogens is 512 g/mol. The van der Waals surface area contributed by atoms with Crippen molar-refractivity contribution in [3.05, 3.63) is 97.4 Å². The summed E-state index contributed by atoms with van der Waals surface area (Å²) in [5.74, 6) is -1.12. The van der Waals surface area contributed by atoms with Crippen LogP contribution in [0.1, 0.15) is 22.4 Å². The predicted molar refractivity (Wildman–Crippen MR) is 127 cm³/mol. The molecule has 0 saturated carbocycles. The molecule has 3 aromatic rings. The van der Waals surface area contributed by atoms with Crippen molar-refractivity contribution in [2.24, 2.45) is 0 Å². The summed E-state index contributed by atoms with van der Waals surface area (Å²) in [4.78, 5) is 24.5. The predicted octanol–water partition coefficient (Wildman–Crippen LogP) is 3.62. The van der Waals surface area contributed by atoms with Crippen molar-refractivity contribution in [1.82, 2.24) is 15.2 Å².